The average molecular weight is 365 g/mol. The molecule has 1 aromatic heterocycles. The maximum Gasteiger partial charge on any atom is 0.258 e. The van der Waals surface area contributed by atoms with Crippen molar-refractivity contribution < 1.29 is 18.8 Å². The minimum Gasteiger partial charge on any atom is -0.497 e. The molecule has 0 unspecified atom stereocenters. The van der Waals surface area contributed by atoms with Crippen LogP contribution >= 0.6 is 0 Å². The Morgan fingerprint density at radius 3 is 2.41 bits per heavy atom. The molecule has 0 spiro atoms. The maximum absolute atomic E-state index is 11.7. The van der Waals surface area contributed by atoms with Crippen molar-refractivity contribution >= 4 is 5.91 Å². The number of hydrogen-bond donors (Lipinski definition) is 1. The Morgan fingerprint density at radius 2 is 1.74 bits per heavy atom. The van der Waals surface area contributed by atoms with Crippen molar-refractivity contribution in [2.75, 3.05) is 13.7 Å². The highest BCUT2D eigenvalue weighted by Crippen LogP contribution is 2.25. The monoisotopic (exact) mass is 365 g/mol. The van der Waals surface area contributed by atoms with Gasteiger partial charge >= 0.3 is 0 Å². The Kier molecular flexibility index (Phi) is 4.74. The van der Waals surface area contributed by atoms with E-state index in [4.69, 9.17) is 14.0 Å². The lowest BCUT2D eigenvalue weighted by Gasteiger charge is -2.06. The molecule has 0 aliphatic heterocycles. The van der Waals surface area contributed by atoms with Gasteiger partial charge in [0.15, 0.2) is 6.61 Å². The molecule has 1 amide bonds. The molecule has 4 rings (SSSR count). The van der Waals surface area contributed by atoms with Crippen LogP contribution < -0.4 is 14.8 Å². The van der Waals surface area contributed by atoms with E-state index in [9.17, 15) is 4.79 Å². The van der Waals surface area contributed by atoms with Crippen molar-refractivity contribution in [3.8, 4) is 34.3 Å². The van der Waals surface area contributed by atoms with Crippen LogP contribution in [0.15, 0.2) is 53.1 Å². The number of nitrogens with one attached hydrogen (secondary N) is 1. The van der Waals surface area contributed by atoms with Crippen LogP contribution in [0, 0.1) is 0 Å². The molecular weight excluding hydrogens is 346 g/mol. The summed E-state index contributed by atoms with van der Waals surface area (Å²) in [5.74, 6) is 2.20. The van der Waals surface area contributed by atoms with Crippen molar-refractivity contribution in [2.24, 2.45) is 0 Å². The van der Waals surface area contributed by atoms with E-state index < -0.39 is 0 Å². The largest absolute Gasteiger partial charge is 0.497 e. The zero-order chi connectivity index (χ0) is 18.6. The number of benzene rings is 2. The predicted molar refractivity (Wildman–Crippen MR) is 98.4 cm³/mol. The average Bonchev–Trinajstić information content (AvgIpc) is 3.38. The van der Waals surface area contributed by atoms with Crippen molar-refractivity contribution in [3.05, 3.63) is 48.5 Å². The van der Waals surface area contributed by atoms with Gasteiger partial charge in [-0.05, 0) is 61.4 Å². The lowest BCUT2D eigenvalue weighted by atomic mass is 10.2. The van der Waals surface area contributed by atoms with Crippen LogP contribution in [-0.4, -0.2) is 35.8 Å². The van der Waals surface area contributed by atoms with Gasteiger partial charge in [0, 0.05) is 17.2 Å². The molecule has 1 aliphatic carbocycles. The molecule has 0 bridgehead atoms. The molecule has 0 radical (unpaired) electrons. The second-order valence-corrected chi connectivity index (χ2v) is 6.31. The summed E-state index contributed by atoms with van der Waals surface area (Å²) in [5, 5.41) is 6.90. The van der Waals surface area contributed by atoms with Gasteiger partial charge in [0.1, 0.15) is 11.5 Å². The number of hydrogen-bond acceptors (Lipinski definition) is 6. The van der Waals surface area contributed by atoms with Gasteiger partial charge in [-0.25, -0.2) is 0 Å². The van der Waals surface area contributed by atoms with Crippen LogP contribution in [0.5, 0.6) is 11.5 Å². The first-order valence-electron chi connectivity index (χ1n) is 8.72. The number of carbonyl (C=O) groups excluding carboxylic acids is 1. The van der Waals surface area contributed by atoms with Gasteiger partial charge in [-0.3, -0.25) is 4.79 Å². The summed E-state index contributed by atoms with van der Waals surface area (Å²) in [7, 11) is 1.62. The number of ether oxygens (including phenoxy) is 2. The summed E-state index contributed by atoms with van der Waals surface area (Å²) < 4.78 is 16.0. The van der Waals surface area contributed by atoms with Crippen molar-refractivity contribution in [2.45, 2.75) is 18.9 Å². The first-order chi connectivity index (χ1) is 13.2. The minimum atomic E-state index is -0.0948. The molecular formula is C20H19N3O4. The van der Waals surface area contributed by atoms with Crippen LogP contribution in [-0.2, 0) is 4.79 Å². The Hall–Kier alpha value is -3.35. The molecule has 0 saturated heterocycles. The maximum atomic E-state index is 11.7. The topological polar surface area (TPSA) is 86.5 Å². The van der Waals surface area contributed by atoms with E-state index in [1.807, 2.05) is 36.4 Å². The molecule has 7 heteroatoms. The van der Waals surface area contributed by atoms with Crippen LogP contribution in [0.3, 0.4) is 0 Å². The SMILES string of the molecule is COc1ccc(-c2noc(-c3ccc(OCC(=O)NC4CC4)cc3)n2)cc1. The highest BCUT2D eigenvalue weighted by atomic mass is 16.5. The third-order valence-electron chi connectivity index (χ3n) is 4.19. The lowest BCUT2D eigenvalue weighted by Crippen LogP contribution is -2.30. The number of rotatable bonds is 7. The Balaban J connectivity index is 1.39. The van der Waals surface area contributed by atoms with Crippen molar-refractivity contribution in [1.29, 1.82) is 0 Å². The highest BCUT2D eigenvalue weighted by molar-refractivity contribution is 5.78. The molecule has 1 N–H and O–H groups in total. The van der Waals surface area contributed by atoms with Gasteiger partial charge in [-0.1, -0.05) is 5.16 Å². The van der Waals surface area contributed by atoms with Crippen LogP contribution in [0.1, 0.15) is 12.8 Å². The second kappa shape index (κ2) is 7.49. The van der Waals surface area contributed by atoms with E-state index in [-0.39, 0.29) is 12.5 Å². The predicted octanol–water partition coefficient (Wildman–Crippen LogP) is 3.07. The summed E-state index contributed by atoms with van der Waals surface area (Å²) in [6.45, 7) is 0.0119. The summed E-state index contributed by atoms with van der Waals surface area (Å²) >= 11 is 0. The Bertz CT molecular complexity index is 915. The molecule has 27 heavy (non-hydrogen) atoms. The molecule has 1 fully saturated rings. The van der Waals surface area contributed by atoms with Crippen molar-refractivity contribution in [3.63, 3.8) is 0 Å². The van der Waals surface area contributed by atoms with Gasteiger partial charge < -0.3 is 19.3 Å². The summed E-state index contributed by atoms with van der Waals surface area (Å²) in [5.41, 5.74) is 1.62. The molecule has 7 nitrogen and oxygen atoms in total. The van der Waals surface area contributed by atoms with E-state index in [1.54, 1.807) is 19.2 Å². The molecule has 1 heterocycles. The fraction of sp³-hybridized carbons (Fsp3) is 0.250. The smallest absolute Gasteiger partial charge is 0.258 e. The van der Waals surface area contributed by atoms with Crippen LogP contribution in [0.2, 0.25) is 0 Å². The lowest BCUT2D eigenvalue weighted by molar-refractivity contribution is -0.123. The van der Waals surface area contributed by atoms with E-state index in [0.29, 0.717) is 23.5 Å². The van der Waals surface area contributed by atoms with E-state index in [1.165, 1.54) is 0 Å². The van der Waals surface area contributed by atoms with Gasteiger partial charge in [0.05, 0.1) is 7.11 Å². The Labute approximate surface area is 156 Å². The quantitative estimate of drug-likeness (QED) is 0.692. The van der Waals surface area contributed by atoms with Crippen molar-refractivity contribution in [1.82, 2.24) is 15.5 Å². The van der Waals surface area contributed by atoms with Gasteiger partial charge in [-0.2, -0.15) is 4.98 Å². The molecule has 3 aromatic rings. The van der Waals surface area contributed by atoms with Crippen LogP contribution in [0.25, 0.3) is 22.8 Å². The highest BCUT2D eigenvalue weighted by Gasteiger charge is 2.23. The third kappa shape index (κ3) is 4.25. The molecule has 2 aromatic carbocycles. The zero-order valence-corrected chi connectivity index (χ0v) is 14.8. The van der Waals surface area contributed by atoms with Gasteiger partial charge in [-0.15, -0.1) is 0 Å². The van der Waals surface area contributed by atoms with E-state index >= 15 is 0 Å². The fourth-order valence-corrected chi connectivity index (χ4v) is 2.54. The van der Waals surface area contributed by atoms with Gasteiger partial charge in [0.25, 0.3) is 11.8 Å². The first kappa shape index (κ1) is 17.1. The first-order valence-corrected chi connectivity index (χ1v) is 8.72. The Morgan fingerprint density at radius 1 is 1.07 bits per heavy atom. The van der Waals surface area contributed by atoms with E-state index in [0.717, 1.165) is 29.7 Å². The van der Waals surface area contributed by atoms with Crippen LogP contribution in [0.4, 0.5) is 0 Å². The number of methoxy groups -OCH3 is 1. The van der Waals surface area contributed by atoms with E-state index in [2.05, 4.69) is 15.5 Å². The third-order valence-corrected chi connectivity index (χ3v) is 4.19. The molecule has 1 aliphatic rings. The fourth-order valence-electron chi connectivity index (χ4n) is 2.54. The zero-order valence-electron chi connectivity index (χ0n) is 14.8. The summed E-state index contributed by atoms with van der Waals surface area (Å²) in [6.07, 6.45) is 2.12. The summed E-state index contributed by atoms with van der Waals surface area (Å²) in [6, 6.07) is 15.0. The molecule has 0 atom stereocenters. The number of nitrogens with zero attached hydrogens (tertiary/aromatic N) is 2. The second-order valence-electron chi connectivity index (χ2n) is 6.31. The molecule has 1 saturated carbocycles. The molecule has 138 valence electrons. The number of aromatic nitrogens is 2. The number of carbonyl (C=O) groups is 1. The normalized spacial score (nSPS) is 13.2. The van der Waals surface area contributed by atoms with Gasteiger partial charge in [0.2, 0.25) is 5.82 Å². The number of amides is 1. The summed E-state index contributed by atoms with van der Waals surface area (Å²) in [4.78, 5) is 16.1. The minimum absolute atomic E-state index is 0.0119. The standard InChI is InChI=1S/C20H19N3O4/c1-25-16-8-2-13(3-9-16)19-22-20(27-23-19)14-4-10-17(11-5-14)26-12-18(24)21-15-6-7-15/h2-5,8-11,15H,6-7,12H2,1H3,(H,21,24).